The maximum Gasteiger partial charge on any atom is 0.346 e. The van der Waals surface area contributed by atoms with E-state index in [-0.39, 0.29) is 38.5 Å². The minimum Gasteiger partial charge on any atom is -0.481 e. The smallest absolute Gasteiger partial charge is 0.346 e. The van der Waals surface area contributed by atoms with Crippen molar-refractivity contribution in [1.29, 1.82) is 0 Å². The van der Waals surface area contributed by atoms with Crippen LogP contribution < -0.4 is 11.2 Å². The quantitative estimate of drug-likeness (QED) is 0.177. The summed E-state index contributed by atoms with van der Waals surface area (Å²) in [5.74, 6) is -7.40. The zero-order valence-corrected chi connectivity index (χ0v) is 12.8. The van der Waals surface area contributed by atoms with Crippen LogP contribution in [0, 0.1) is 5.92 Å². The third-order valence-corrected chi connectivity index (χ3v) is 2.97. The van der Waals surface area contributed by atoms with Gasteiger partial charge in [-0.2, -0.15) is 5.48 Å². The number of hydroxylamine groups is 1. The minimum atomic E-state index is -1.56. The topological polar surface area (TPSA) is 193 Å². The van der Waals surface area contributed by atoms with E-state index in [2.05, 4.69) is 4.84 Å². The van der Waals surface area contributed by atoms with E-state index in [1.807, 2.05) is 0 Å². The fourth-order valence-electron chi connectivity index (χ4n) is 1.62. The summed E-state index contributed by atoms with van der Waals surface area (Å²) in [7, 11) is 0. The molecule has 0 bridgehead atoms. The Morgan fingerprint density at radius 2 is 1.50 bits per heavy atom. The van der Waals surface area contributed by atoms with E-state index < -0.39 is 41.7 Å². The van der Waals surface area contributed by atoms with Crippen LogP contribution in [0.3, 0.4) is 0 Å². The van der Waals surface area contributed by atoms with E-state index in [1.54, 1.807) is 5.48 Å². The summed E-state index contributed by atoms with van der Waals surface area (Å²) in [4.78, 5) is 59.2. The molecule has 24 heavy (non-hydrogen) atoms. The van der Waals surface area contributed by atoms with Gasteiger partial charge in [0.1, 0.15) is 0 Å². The van der Waals surface area contributed by atoms with Gasteiger partial charge in [-0.15, -0.1) is 0 Å². The number of carbonyl (C=O) groups excluding carboxylic acids is 2. The highest BCUT2D eigenvalue weighted by Gasteiger charge is 2.29. The molecular formula is C13H20N2O9. The second-order valence-electron chi connectivity index (χ2n) is 4.96. The standard InChI is InChI=1S/C13H20N2O9/c14-8(5-6-10(18)19)11(20)15-24-13(23)7(12(21)22)3-1-2-4-9(16)17/h7-8H,1-6,14H2,(H,15,20)(H,16,17)(H,18,19)(H,21,22)/t7?,8-/m0/s1. The fraction of sp³-hybridized carbons (Fsp3) is 0.615. The van der Waals surface area contributed by atoms with Gasteiger partial charge < -0.3 is 25.9 Å². The summed E-state index contributed by atoms with van der Waals surface area (Å²) >= 11 is 0. The Morgan fingerprint density at radius 3 is 2.00 bits per heavy atom. The van der Waals surface area contributed by atoms with Crippen LogP contribution >= 0.6 is 0 Å². The Labute approximate surface area is 136 Å². The molecule has 136 valence electrons. The Balaban J connectivity index is 4.31. The molecule has 2 atom stereocenters. The number of nitrogens with two attached hydrogens (primary N) is 1. The van der Waals surface area contributed by atoms with Crippen molar-refractivity contribution in [2.45, 2.75) is 44.6 Å². The van der Waals surface area contributed by atoms with Crippen molar-refractivity contribution >= 4 is 29.8 Å². The van der Waals surface area contributed by atoms with E-state index in [1.165, 1.54) is 0 Å². The average molecular weight is 348 g/mol. The first-order valence-electron chi connectivity index (χ1n) is 7.07. The maximum absolute atomic E-state index is 11.6. The predicted octanol–water partition coefficient (Wildman–Crippen LogP) is -0.901. The zero-order chi connectivity index (χ0) is 18.7. The molecule has 0 rings (SSSR count). The number of unbranched alkanes of at least 4 members (excludes halogenated alkanes) is 1. The van der Waals surface area contributed by atoms with Gasteiger partial charge in [0.15, 0.2) is 5.92 Å². The molecular weight excluding hydrogens is 328 g/mol. The van der Waals surface area contributed by atoms with Gasteiger partial charge in [0, 0.05) is 12.8 Å². The van der Waals surface area contributed by atoms with Gasteiger partial charge in [-0.25, -0.2) is 4.79 Å². The summed E-state index contributed by atoms with van der Waals surface area (Å²) in [5, 5.41) is 25.9. The van der Waals surface area contributed by atoms with Crippen LogP contribution in [-0.2, 0) is 28.8 Å². The van der Waals surface area contributed by atoms with Gasteiger partial charge in [0.05, 0.1) is 6.04 Å². The van der Waals surface area contributed by atoms with Crippen LogP contribution in [-0.4, -0.2) is 51.1 Å². The van der Waals surface area contributed by atoms with E-state index in [0.29, 0.717) is 0 Å². The molecule has 0 aromatic carbocycles. The molecule has 11 heteroatoms. The molecule has 0 aromatic heterocycles. The number of nitrogens with one attached hydrogen (secondary N) is 1. The highest BCUT2D eigenvalue weighted by molar-refractivity contribution is 5.94. The van der Waals surface area contributed by atoms with Crippen molar-refractivity contribution in [2.75, 3.05) is 0 Å². The summed E-state index contributed by atoms with van der Waals surface area (Å²) in [5.41, 5.74) is 7.06. The molecule has 6 N–H and O–H groups in total. The first kappa shape index (κ1) is 21.3. The van der Waals surface area contributed by atoms with E-state index in [4.69, 9.17) is 21.1 Å². The van der Waals surface area contributed by atoms with Crippen LogP contribution in [0.2, 0.25) is 0 Å². The minimum absolute atomic E-state index is 0.150. The molecule has 0 radical (unpaired) electrons. The second-order valence-corrected chi connectivity index (χ2v) is 4.96. The summed E-state index contributed by atoms with van der Waals surface area (Å²) in [6.07, 6.45) is -0.484. The van der Waals surface area contributed by atoms with Crippen molar-refractivity contribution in [2.24, 2.45) is 11.7 Å². The molecule has 1 unspecified atom stereocenters. The number of carbonyl (C=O) groups is 5. The molecule has 0 aliphatic carbocycles. The van der Waals surface area contributed by atoms with Crippen molar-refractivity contribution < 1.29 is 44.1 Å². The molecule has 0 heterocycles. The monoisotopic (exact) mass is 348 g/mol. The average Bonchev–Trinajstić information content (AvgIpc) is 2.48. The molecule has 0 aliphatic rings. The highest BCUT2D eigenvalue weighted by atomic mass is 16.7. The van der Waals surface area contributed by atoms with Crippen LogP contribution in [0.15, 0.2) is 0 Å². The first-order chi connectivity index (χ1) is 11.1. The van der Waals surface area contributed by atoms with Gasteiger partial charge in [-0.1, -0.05) is 6.42 Å². The largest absolute Gasteiger partial charge is 0.481 e. The van der Waals surface area contributed by atoms with Crippen molar-refractivity contribution in [3.8, 4) is 0 Å². The predicted molar refractivity (Wildman–Crippen MR) is 76.3 cm³/mol. The number of amides is 1. The van der Waals surface area contributed by atoms with E-state index in [9.17, 15) is 24.0 Å². The molecule has 0 spiro atoms. The Hall–Kier alpha value is -2.69. The molecule has 0 saturated heterocycles. The lowest BCUT2D eigenvalue weighted by atomic mass is 10.0. The van der Waals surface area contributed by atoms with Crippen molar-refractivity contribution in [1.82, 2.24) is 5.48 Å². The molecule has 0 saturated carbocycles. The van der Waals surface area contributed by atoms with Crippen molar-refractivity contribution in [3.05, 3.63) is 0 Å². The number of carboxylic acid groups (broad SMARTS) is 3. The third kappa shape index (κ3) is 9.35. The number of hydrogen-bond donors (Lipinski definition) is 5. The number of rotatable bonds is 11. The summed E-state index contributed by atoms with van der Waals surface area (Å²) in [6.45, 7) is 0. The van der Waals surface area contributed by atoms with Gasteiger partial charge in [-0.3, -0.25) is 19.2 Å². The highest BCUT2D eigenvalue weighted by Crippen LogP contribution is 2.12. The van der Waals surface area contributed by atoms with Crippen LogP contribution in [0.25, 0.3) is 0 Å². The first-order valence-corrected chi connectivity index (χ1v) is 7.07. The third-order valence-electron chi connectivity index (χ3n) is 2.97. The van der Waals surface area contributed by atoms with Gasteiger partial charge in [0.2, 0.25) is 0 Å². The zero-order valence-electron chi connectivity index (χ0n) is 12.8. The molecule has 0 aliphatic heterocycles. The fourth-order valence-corrected chi connectivity index (χ4v) is 1.62. The molecule has 0 fully saturated rings. The molecule has 11 nitrogen and oxygen atoms in total. The van der Waals surface area contributed by atoms with Gasteiger partial charge in [0.25, 0.3) is 5.91 Å². The summed E-state index contributed by atoms with van der Waals surface area (Å²) in [6, 6.07) is -1.23. The lowest BCUT2D eigenvalue weighted by Gasteiger charge is -2.14. The van der Waals surface area contributed by atoms with E-state index >= 15 is 0 Å². The van der Waals surface area contributed by atoms with Crippen LogP contribution in [0.5, 0.6) is 0 Å². The maximum atomic E-state index is 11.6. The number of hydrogen-bond acceptors (Lipinski definition) is 7. The summed E-state index contributed by atoms with van der Waals surface area (Å²) < 4.78 is 0. The molecule has 1 amide bonds. The molecule has 0 aromatic rings. The van der Waals surface area contributed by atoms with Gasteiger partial charge in [-0.05, 0) is 19.3 Å². The Bertz CT molecular complexity index is 492. The van der Waals surface area contributed by atoms with Crippen molar-refractivity contribution in [3.63, 3.8) is 0 Å². The Morgan fingerprint density at radius 1 is 0.917 bits per heavy atom. The van der Waals surface area contributed by atoms with Gasteiger partial charge >= 0.3 is 23.9 Å². The Kier molecular flexibility index (Phi) is 9.71. The van der Waals surface area contributed by atoms with E-state index in [0.717, 1.165) is 0 Å². The van der Waals surface area contributed by atoms with Crippen LogP contribution in [0.1, 0.15) is 38.5 Å². The second kappa shape index (κ2) is 10.9. The number of aliphatic carboxylic acids is 3. The lowest BCUT2D eigenvalue weighted by molar-refractivity contribution is -0.168. The van der Waals surface area contributed by atoms with Crippen LogP contribution in [0.4, 0.5) is 0 Å². The SMILES string of the molecule is N[C@@H](CCC(=O)O)C(=O)NOC(=O)C(CCCCC(=O)O)C(=O)O. The number of carboxylic acids is 3. The lowest BCUT2D eigenvalue weighted by Crippen LogP contribution is -2.43. The normalized spacial score (nSPS) is 12.7.